The largest absolute Gasteiger partial charge is 0.338 e. The van der Waals surface area contributed by atoms with Crippen molar-refractivity contribution in [3.05, 3.63) is 81.9 Å². The third-order valence-corrected chi connectivity index (χ3v) is 4.07. The van der Waals surface area contributed by atoms with Gasteiger partial charge >= 0.3 is 0 Å². The summed E-state index contributed by atoms with van der Waals surface area (Å²) >= 11 is 0. The summed E-state index contributed by atoms with van der Waals surface area (Å²) in [5, 5.41) is 11.9. The molecular weight excluding hydrogens is 335 g/mol. The van der Waals surface area contributed by atoms with Crippen molar-refractivity contribution in [3.8, 4) is 6.07 Å². The molecule has 0 saturated heterocycles. The third kappa shape index (κ3) is 2.41. The Kier molecular flexibility index (Phi) is 3.52. The van der Waals surface area contributed by atoms with Gasteiger partial charge < -0.3 is 10.3 Å². The number of anilines is 1. The molecule has 0 aliphatic heterocycles. The fourth-order valence-corrected chi connectivity index (χ4v) is 2.84. The quantitative estimate of drug-likeness (QED) is 0.584. The average molecular weight is 346 g/mol. The van der Waals surface area contributed by atoms with E-state index in [1.807, 2.05) is 12.1 Å². The Morgan fingerprint density at radius 3 is 2.62 bits per heavy atom. The Bertz CT molecular complexity index is 1260. The van der Waals surface area contributed by atoms with Crippen LogP contribution in [-0.2, 0) is 0 Å². The second-order valence-electron chi connectivity index (χ2n) is 5.68. The number of halogens is 1. The van der Waals surface area contributed by atoms with Crippen molar-refractivity contribution in [2.45, 2.75) is 0 Å². The predicted molar refractivity (Wildman–Crippen MR) is 94.6 cm³/mol. The number of nitrogens with zero attached hydrogens (tertiary/aromatic N) is 2. The molecule has 26 heavy (non-hydrogen) atoms. The van der Waals surface area contributed by atoms with Crippen LogP contribution < -0.4 is 10.9 Å². The van der Waals surface area contributed by atoms with Gasteiger partial charge in [-0.25, -0.2) is 4.39 Å². The average Bonchev–Trinajstić information content (AvgIpc) is 3.04. The number of hydrogen-bond acceptors (Lipinski definition) is 3. The van der Waals surface area contributed by atoms with E-state index in [9.17, 15) is 19.2 Å². The lowest BCUT2D eigenvalue weighted by atomic mass is 10.2. The fourth-order valence-electron chi connectivity index (χ4n) is 2.84. The number of nitriles is 1. The maximum atomic E-state index is 13.0. The molecule has 0 radical (unpaired) electrons. The number of fused-ring (bicyclic) bond motifs is 3. The SMILES string of the molecule is N#Cc1cc(NC(=O)c2ccc(F)cc2)c(=O)n2c1[nH]c1ccccc12. The minimum Gasteiger partial charge on any atom is -0.338 e. The van der Waals surface area contributed by atoms with Crippen LogP contribution in [-0.4, -0.2) is 15.3 Å². The maximum absolute atomic E-state index is 13.0. The molecule has 0 unspecified atom stereocenters. The fraction of sp³-hybridized carbons (Fsp3) is 0. The summed E-state index contributed by atoms with van der Waals surface area (Å²) in [5.74, 6) is -1.03. The lowest BCUT2D eigenvalue weighted by Crippen LogP contribution is -2.23. The van der Waals surface area contributed by atoms with Crippen LogP contribution >= 0.6 is 0 Å². The molecule has 0 spiro atoms. The summed E-state index contributed by atoms with van der Waals surface area (Å²) in [6, 6.07) is 15.4. The highest BCUT2D eigenvalue weighted by Gasteiger charge is 2.16. The second kappa shape index (κ2) is 5.86. The van der Waals surface area contributed by atoms with Gasteiger partial charge in [-0.15, -0.1) is 0 Å². The number of aromatic nitrogens is 2. The summed E-state index contributed by atoms with van der Waals surface area (Å²) in [5.41, 5.74) is 1.58. The van der Waals surface area contributed by atoms with Crippen LogP contribution in [0.2, 0.25) is 0 Å². The zero-order valence-electron chi connectivity index (χ0n) is 13.3. The van der Waals surface area contributed by atoms with E-state index in [0.29, 0.717) is 16.7 Å². The molecular formula is C19H11FN4O2. The molecule has 2 N–H and O–H groups in total. The molecule has 4 rings (SSSR count). The molecule has 2 heterocycles. The van der Waals surface area contributed by atoms with Crippen molar-refractivity contribution >= 4 is 28.3 Å². The Hall–Kier alpha value is -3.92. The predicted octanol–water partition coefficient (Wildman–Crippen LogP) is 3.04. The van der Waals surface area contributed by atoms with E-state index in [-0.39, 0.29) is 16.8 Å². The van der Waals surface area contributed by atoms with Crippen LogP contribution in [0.15, 0.2) is 59.4 Å². The highest BCUT2D eigenvalue weighted by atomic mass is 19.1. The van der Waals surface area contributed by atoms with Crippen molar-refractivity contribution in [3.63, 3.8) is 0 Å². The first-order valence-corrected chi connectivity index (χ1v) is 7.72. The first-order chi connectivity index (χ1) is 12.6. The van der Waals surface area contributed by atoms with E-state index < -0.39 is 17.3 Å². The Morgan fingerprint density at radius 1 is 1.15 bits per heavy atom. The van der Waals surface area contributed by atoms with Crippen molar-refractivity contribution in [1.82, 2.24) is 9.38 Å². The standard InChI is InChI=1S/C19H11FN4O2/c20-13-7-5-11(6-8-13)18(25)23-15-9-12(10-21)17-22-14-3-1-2-4-16(14)24(17)19(15)26/h1-9,22H,(H,23,25). The van der Waals surface area contributed by atoms with E-state index in [4.69, 9.17) is 0 Å². The number of benzene rings is 2. The molecule has 1 amide bonds. The number of H-pyrrole nitrogens is 1. The molecule has 2 aromatic carbocycles. The Labute approximate surface area is 146 Å². The van der Waals surface area contributed by atoms with Crippen LogP contribution in [0.1, 0.15) is 15.9 Å². The summed E-state index contributed by atoms with van der Waals surface area (Å²) in [6.07, 6.45) is 0. The molecule has 6 nitrogen and oxygen atoms in total. The van der Waals surface area contributed by atoms with Gasteiger partial charge in [-0.1, -0.05) is 12.1 Å². The molecule has 4 aromatic rings. The molecule has 7 heteroatoms. The highest BCUT2D eigenvalue weighted by molar-refractivity contribution is 6.04. The minimum absolute atomic E-state index is 0.0295. The number of aromatic amines is 1. The number of pyridine rings is 1. The van der Waals surface area contributed by atoms with Crippen LogP contribution in [0, 0.1) is 17.1 Å². The number of imidazole rings is 1. The van der Waals surface area contributed by atoms with Crippen molar-refractivity contribution in [1.29, 1.82) is 5.26 Å². The molecule has 0 fully saturated rings. The first-order valence-electron chi connectivity index (χ1n) is 7.72. The van der Waals surface area contributed by atoms with E-state index in [0.717, 1.165) is 12.1 Å². The lowest BCUT2D eigenvalue weighted by molar-refractivity contribution is 0.102. The topological polar surface area (TPSA) is 90.2 Å². The van der Waals surface area contributed by atoms with Gasteiger partial charge in [0.05, 0.1) is 16.6 Å². The highest BCUT2D eigenvalue weighted by Crippen LogP contribution is 2.19. The Morgan fingerprint density at radius 2 is 1.88 bits per heavy atom. The molecule has 0 bridgehead atoms. The molecule has 0 atom stereocenters. The van der Waals surface area contributed by atoms with Crippen LogP contribution in [0.5, 0.6) is 0 Å². The molecule has 0 saturated carbocycles. The number of hydrogen-bond donors (Lipinski definition) is 2. The van der Waals surface area contributed by atoms with Crippen LogP contribution in [0.25, 0.3) is 16.7 Å². The van der Waals surface area contributed by atoms with Gasteiger partial charge in [-0.05, 0) is 42.5 Å². The summed E-state index contributed by atoms with van der Waals surface area (Å²) in [6.45, 7) is 0. The van der Waals surface area contributed by atoms with Gasteiger partial charge in [0.1, 0.15) is 23.2 Å². The molecule has 126 valence electrons. The van der Waals surface area contributed by atoms with Crippen molar-refractivity contribution in [2.75, 3.05) is 5.32 Å². The van der Waals surface area contributed by atoms with Crippen molar-refractivity contribution < 1.29 is 9.18 Å². The third-order valence-electron chi connectivity index (χ3n) is 4.07. The number of carbonyl (C=O) groups is 1. The normalized spacial score (nSPS) is 10.8. The van der Waals surface area contributed by atoms with E-state index in [2.05, 4.69) is 10.3 Å². The maximum Gasteiger partial charge on any atom is 0.280 e. The smallest absolute Gasteiger partial charge is 0.280 e. The van der Waals surface area contributed by atoms with Gasteiger partial charge in [0.25, 0.3) is 11.5 Å². The summed E-state index contributed by atoms with van der Waals surface area (Å²) < 4.78 is 14.4. The van der Waals surface area contributed by atoms with Gasteiger partial charge in [-0.3, -0.25) is 14.0 Å². The number of nitrogens with one attached hydrogen (secondary N) is 2. The van der Waals surface area contributed by atoms with Gasteiger partial charge in [0.15, 0.2) is 0 Å². The minimum atomic E-state index is -0.564. The van der Waals surface area contributed by atoms with E-state index in [1.165, 1.54) is 22.6 Å². The molecule has 0 aliphatic rings. The Balaban J connectivity index is 1.88. The lowest BCUT2D eigenvalue weighted by Gasteiger charge is -2.06. The van der Waals surface area contributed by atoms with Gasteiger partial charge in [-0.2, -0.15) is 5.26 Å². The first kappa shape index (κ1) is 15.6. The second-order valence-corrected chi connectivity index (χ2v) is 5.68. The number of carbonyl (C=O) groups excluding carboxylic acids is 1. The molecule has 2 aromatic heterocycles. The zero-order valence-corrected chi connectivity index (χ0v) is 13.3. The van der Waals surface area contributed by atoms with Crippen molar-refractivity contribution in [2.24, 2.45) is 0 Å². The van der Waals surface area contributed by atoms with Gasteiger partial charge in [0.2, 0.25) is 0 Å². The van der Waals surface area contributed by atoms with Crippen LogP contribution in [0.3, 0.4) is 0 Å². The number of rotatable bonds is 2. The summed E-state index contributed by atoms with van der Waals surface area (Å²) in [4.78, 5) is 28.2. The summed E-state index contributed by atoms with van der Waals surface area (Å²) in [7, 11) is 0. The number of para-hydroxylation sites is 2. The zero-order chi connectivity index (χ0) is 18.3. The molecule has 0 aliphatic carbocycles. The van der Waals surface area contributed by atoms with Gasteiger partial charge in [0, 0.05) is 5.56 Å². The monoisotopic (exact) mass is 346 g/mol. The van der Waals surface area contributed by atoms with E-state index in [1.54, 1.807) is 18.2 Å². The number of amides is 1. The van der Waals surface area contributed by atoms with E-state index >= 15 is 0 Å². The van der Waals surface area contributed by atoms with Crippen LogP contribution in [0.4, 0.5) is 10.1 Å².